The zero-order chi connectivity index (χ0) is 13.2. The van der Waals surface area contributed by atoms with Crippen LogP contribution in [0.2, 0.25) is 0 Å². The van der Waals surface area contributed by atoms with Crippen molar-refractivity contribution in [2.75, 3.05) is 6.54 Å². The van der Waals surface area contributed by atoms with Crippen molar-refractivity contribution in [3.63, 3.8) is 0 Å². The lowest BCUT2D eigenvalue weighted by Crippen LogP contribution is -2.36. The molecule has 0 spiro atoms. The maximum Gasteiger partial charge on any atom is 0.298 e. The van der Waals surface area contributed by atoms with E-state index in [-0.39, 0.29) is 10.8 Å². The molecular weight excluding hydrogens is 254 g/mol. The quantitative estimate of drug-likeness (QED) is 0.777. The Hall–Kier alpha value is -1.40. The Balaban J connectivity index is 2.16. The molecule has 1 aromatic rings. The summed E-state index contributed by atoms with van der Waals surface area (Å²) in [6, 6.07) is 7.95. The summed E-state index contributed by atoms with van der Waals surface area (Å²) in [7, 11) is -3.80. The van der Waals surface area contributed by atoms with E-state index in [1.165, 1.54) is 24.0 Å². The number of carbonyl (C=O) groups is 1. The average Bonchev–Trinajstić information content (AvgIpc) is 2.78. The van der Waals surface area contributed by atoms with E-state index < -0.39 is 16.3 Å². The Morgan fingerprint density at radius 1 is 1.33 bits per heavy atom. The fraction of sp³-hybridized carbons (Fsp3) is 0.417. The smallest absolute Gasteiger partial charge is 0.298 e. The Labute approximate surface area is 106 Å². The molecule has 18 heavy (non-hydrogen) atoms. The second-order valence-corrected chi connectivity index (χ2v) is 5.74. The van der Waals surface area contributed by atoms with Crippen molar-refractivity contribution < 1.29 is 17.4 Å². The summed E-state index contributed by atoms with van der Waals surface area (Å²) >= 11 is 0. The summed E-state index contributed by atoms with van der Waals surface area (Å²) in [6.45, 7) is 1.96. The minimum absolute atomic E-state index is 0.111. The lowest BCUT2D eigenvalue weighted by molar-refractivity contribution is -0.133. The van der Waals surface area contributed by atoms with Gasteiger partial charge in [-0.2, -0.15) is 8.42 Å². The Kier molecular flexibility index (Phi) is 3.68. The molecule has 0 aliphatic carbocycles. The molecule has 1 aromatic carbocycles. The summed E-state index contributed by atoms with van der Waals surface area (Å²) < 4.78 is 29.1. The third-order valence-electron chi connectivity index (χ3n) is 2.87. The Bertz CT molecular complexity index is 526. The predicted molar refractivity (Wildman–Crippen MR) is 65.1 cm³/mol. The van der Waals surface area contributed by atoms with Crippen molar-refractivity contribution in [1.82, 2.24) is 4.90 Å². The van der Waals surface area contributed by atoms with Crippen LogP contribution in [0.5, 0.6) is 0 Å². The molecule has 1 heterocycles. The van der Waals surface area contributed by atoms with Gasteiger partial charge in [-0.05, 0) is 25.0 Å². The highest BCUT2D eigenvalue weighted by Crippen LogP contribution is 2.23. The van der Waals surface area contributed by atoms with E-state index in [1.54, 1.807) is 18.2 Å². The molecule has 0 bridgehead atoms. The maximum absolute atomic E-state index is 12.0. The number of carbonyl (C=O) groups excluding carboxylic acids is 1. The Morgan fingerprint density at radius 3 is 2.61 bits per heavy atom. The second-order valence-electron chi connectivity index (χ2n) is 4.17. The molecule has 98 valence electrons. The first-order valence-corrected chi connectivity index (χ1v) is 7.17. The summed E-state index contributed by atoms with van der Waals surface area (Å²) in [5.74, 6) is -0.166. The van der Waals surface area contributed by atoms with Crippen LogP contribution in [0.3, 0.4) is 0 Å². The van der Waals surface area contributed by atoms with Crippen molar-refractivity contribution >= 4 is 16.0 Å². The van der Waals surface area contributed by atoms with Crippen LogP contribution in [0.4, 0.5) is 0 Å². The van der Waals surface area contributed by atoms with Crippen LogP contribution in [0.1, 0.15) is 19.8 Å². The molecular formula is C12H15NO4S. The predicted octanol–water partition coefficient (Wildman–Crippen LogP) is 1.36. The van der Waals surface area contributed by atoms with E-state index in [1.807, 2.05) is 0 Å². The van der Waals surface area contributed by atoms with Crippen molar-refractivity contribution in [3.8, 4) is 0 Å². The first-order valence-electron chi connectivity index (χ1n) is 5.76. The van der Waals surface area contributed by atoms with Crippen LogP contribution in [-0.2, 0) is 19.1 Å². The molecule has 1 unspecified atom stereocenters. The van der Waals surface area contributed by atoms with Crippen LogP contribution in [0.15, 0.2) is 35.2 Å². The number of likely N-dealkylation sites (tertiary alicyclic amines) is 1. The van der Waals surface area contributed by atoms with Gasteiger partial charge in [0.2, 0.25) is 5.91 Å². The number of hydrogen-bond donors (Lipinski definition) is 0. The minimum Gasteiger partial charge on any atom is -0.316 e. The maximum atomic E-state index is 12.0. The molecule has 5 nitrogen and oxygen atoms in total. The van der Waals surface area contributed by atoms with Crippen molar-refractivity contribution in [3.05, 3.63) is 30.3 Å². The lowest BCUT2D eigenvalue weighted by atomic mass is 10.4. The fourth-order valence-corrected chi connectivity index (χ4v) is 3.08. The largest absolute Gasteiger partial charge is 0.316 e. The van der Waals surface area contributed by atoms with Gasteiger partial charge in [-0.25, -0.2) is 4.18 Å². The first-order chi connectivity index (χ1) is 8.50. The number of rotatable bonds is 3. The number of nitrogens with zero attached hydrogens (tertiary/aromatic N) is 1. The average molecular weight is 269 g/mol. The van der Waals surface area contributed by atoms with Crippen LogP contribution >= 0.6 is 0 Å². The SMILES string of the molecule is CC(=O)N1CCCC1OS(=O)(=O)c1ccccc1. The molecule has 0 N–H and O–H groups in total. The fourth-order valence-electron chi connectivity index (χ4n) is 1.99. The molecule has 1 aliphatic rings. The van der Waals surface area contributed by atoms with Gasteiger partial charge >= 0.3 is 0 Å². The first kappa shape index (κ1) is 13.0. The van der Waals surface area contributed by atoms with Gasteiger partial charge in [-0.15, -0.1) is 0 Å². The van der Waals surface area contributed by atoms with Crippen LogP contribution < -0.4 is 0 Å². The number of benzene rings is 1. The Morgan fingerprint density at radius 2 is 2.00 bits per heavy atom. The summed E-state index contributed by atoms with van der Waals surface area (Å²) in [6.07, 6.45) is 0.632. The zero-order valence-electron chi connectivity index (χ0n) is 10.1. The van der Waals surface area contributed by atoms with Crippen LogP contribution in [0, 0.1) is 0 Å². The lowest BCUT2D eigenvalue weighted by Gasteiger charge is -2.22. The molecule has 0 aromatic heterocycles. The highest BCUT2D eigenvalue weighted by Gasteiger charge is 2.32. The van der Waals surface area contributed by atoms with Gasteiger partial charge < -0.3 is 4.90 Å². The summed E-state index contributed by atoms with van der Waals surface area (Å²) in [4.78, 5) is 12.9. The van der Waals surface area contributed by atoms with E-state index in [2.05, 4.69) is 0 Å². The van der Waals surface area contributed by atoms with Gasteiger partial charge in [0.15, 0.2) is 6.23 Å². The molecule has 1 saturated heterocycles. The molecule has 1 aliphatic heterocycles. The van der Waals surface area contributed by atoms with Gasteiger partial charge in [0.1, 0.15) is 0 Å². The van der Waals surface area contributed by atoms with E-state index in [0.29, 0.717) is 13.0 Å². The summed E-state index contributed by atoms with van der Waals surface area (Å²) in [5.41, 5.74) is 0. The van der Waals surface area contributed by atoms with Gasteiger partial charge in [-0.3, -0.25) is 4.79 Å². The van der Waals surface area contributed by atoms with Crippen LogP contribution in [0.25, 0.3) is 0 Å². The molecule has 1 amide bonds. The normalized spacial score (nSPS) is 20.1. The van der Waals surface area contributed by atoms with Crippen LogP contribution in [-0.4, -0.2) is 32.0 Å². The summed E-state index contributed by atoms with van der Waals surface area (Å²) in [5, 5.41) is 0. The molecule has 0 saturated carbocycles. The van der Waals surface area contributed by atoms with Crippen molar-refractivity contribution in [2.45, 2.75) is 30.9 Å². The van der Waals surface area contributed by atoms with Gasteiger partial charge in [0.25, 0.3) is 10.1 Å². The standard InChI is InChI=1S/C12H15NO4S/c1-10(14)13-9-5-8-12(13)17-18(15,16)11-6-3-2-4-7-11/h2-4,6-7,12H,5,8-9H2,1H3. The second kappa shape index (κ2) is 5.07. The zero-order valence-corrected chi connectivity index (χ0v) is 10.9. The third kappa shape index (κ3) is 2.70. The molecule has 6 heteroatoms. The molecule has 1 atom stereocenters. The van der Waals surface area contributed by atoms with E-state index in [9.17, 15) is 13.2 Å². The molecule has 1 fully saturated rings. The van der Waals surface area contributed by atoms with Crippen molar-refractivity contribution in [2.24, 2.45) is 0 Å². The molecule has 2 rings (SSSR count). The highest BCUT2D eigenvalue weighted by molar-refractivity contribution is 7.86. The highest BCUT2D eigenvalue weighted by atomic mass is 32.2. The van der Waals surface area contributed by atoms with E-state index in [0.717, 1.165) is 6.42 Å². The van der Waals surface area contributed by atoms with Gasteiger partial charge in [-0.1, -0.05) is 18.2 Å². The van der Waals surface area contributed by atoms with E-state index in [4.69, 9.17) is 4.18 Å². The van der Waals surface area contributed by atoms with E-state index >= 15 is 0 Å². The van der Waals surface area contributed by atoms with Gasteiger partial charge in [0.05, 0.1) is 4.90 Å². The topological polar surface area (TPSA) is 63.7 Å². The number of hydrogen-bond acceptors (Lipinski definition) is 4. The van der Waals surface area contributed by atoms with Crippen molar-refractivity contribution in [1.29, 1.82) is 0 Å². The molecule has 0 radical (unpaired) electrons. The van der Waals surface area contributed by atoms with Gasteiger partial charge in [0, 0.05) is 13.5 Å². The third-order valence-corrected chi connectivity index (χ3v) is 4.20. The monoisotopic (exact) mass is 269 g/mol. The number of amides is 1. The minimum atomic E-state index is -3.80.